The highest BCUT2D eigenvalue weighted by Crippen LogP contribution is 2.28. The average Bonchev–Trinajstić information content (AvgIpc) is 3.27. The molecule has 0 amide bonds. The van der Waals surface area contributed by atoms with Crippen LogP contribution in [0.2, 0.25) is 0 Å². The van der Waals surface area contributed by atoms with Gasteiger partial charge in [0.05, 0.1) is 5.69 Å². The average molecular weight is 339 g/mol. The number of anilines is 1. The number of aryl methyl sites for hydroxylation is 1. The van der Waals surface area contributed by atoms with Crippen molar-refractivity contribution in [2.75, 3.05) is 18.0 Å². The van der Waals surface area contributed by atoms with Gasteiger partial charge in [-0.3, -0.25) is 0 Å². The van der Waals surface area contributed by atoms with Gasteiger partial charge in [-0.05, 0) is 31.9 Å². The van der Waals surface area contributed by atoms with Gasteiger partial charge in [0, 0.05) is 26.1 Å². The maximum atomic E-state index is 4.43. The summed E-state index contributed by atoms with van der Waals surface area (Å²) in [4.78, 5) is 6.25. The number of hydrogen-bond acceptors (Lipinski definition) is 7. The van der Waals surface area contributed by atoms with Gasteiger partial charge in [-0.15, -0.1) is 15.3 Å². The molecule has 4 heterocycles. The fraction of sp³-hybridized carbons (Fsp3) is 0.500. The van der Waals surface area contributed by atoms with Crippen LogP contribution in [0.25, 0.3) is 0 Å². The third-order valence-electron chi connectivity index (χ3n) is 4.74. The van der Waals surface area contributed by atoms with Gasteiger partial charge in [-0.1, -0.05) is 0 Å². The van der Waals surface area contributed by atoms with Crippen LogP contribution < -0.4 is 4.90 Å². The Kier molecular flexibility index (Phi) is 4.12. The summed E-state index contributed by atoms with van der Waals surface area (Å²) in [5, 5.41) is 21.3. The number of nitrogens with zero attached hydrogens (tertiary/aromatic N) is 9. The largest absolute Gasteiger partial charge is 0.355 e. The van der Waals surface area contributed by atoms with Crippen LogP contribution in [0.4, 0.5) is 5.82 Å². The lowest BCUT2D eigenvalue weighted by Gasteiger charge is -2.32. The number of aromatic nitrogens is 8. The maximum Gasteiger partial charge on any atom is 0.154 e. The van der Waals surface area contributed by atoms with Crippen molar-refractivity contribution in [2.45, 2.75) is 32.2 Å². The van der Waals surface area contributed by atoms with E-state index in [0.29, 0.717) is 12.5 Å². The molecule has 3 aromatic rings. The van der Waals surface area contributed by atoms with E-state index in [-0.39, 0.29) is 0 Å². The summed E-state index contributed by atoms with van der Waals surface area (Å²) < 4.78 is 3.85. The summed E-state index contributed by atoms with van der Waals surface area (Å²) in [5.74, 6) is 3.31. The van der Waals surface area contributed by atoms with Crippen LogP contribution in [0.15, 0.2) is 24.8 Å². The fourth-order valence-corrected chi connectivity index (χ4v) is 3.26. The predicted octanol–water partition coefficient (Wildman–Crippen LogP) is 0.937. The topological polar surface area (TPSA) is 90.4 Å². The van der Waals surface area contributed by atoms with Crippen LogP contribution in [-0.4, -0.2) is 52.8 Å². The summed E-state index contributed by atoms with van der Waals surface area (Å²) in [6.45, 7) is 4.44. The van der Waals surface area contributed by atoms with Crippen molar-refractivity contribution in [1.29, 1.82) is 0 Å². The second kappa shape index (κ2) is 6.58. The van der Waals surface area contributed by atoms with E-state index in [1.165, 1.54) is 6.33 Å². The summed E-state index contributed by atoms with van der Waals surface area (Å²) in [6.07, 6.45) is 5.28. The minimum Gasteiger partial charge on any atom is -0.355 e. The minimum absolute atomic E-state index is 0.414. The van der Waals surface area contributed by atoms with Crippen LogP contribution in [0.5, 0.6) is 0 Å². The Labute approximate surface area is 145 Å². The first kappa shape index (κ1) is 15.7. The zero-order chi connectivity index (χ0) is 17.2. The van der Waals surface area contributed by atoms with Gasteiger partial charge in [0.25, 0.3) is 0 Å². The smallest absolute Gasteiger partial charge is 0.154 e. The van der Waals surface area contributed by atoms with E-state index in [9.17, 15) is 0 Å². The Balaban J connectivity index is 1.42. The second-order valence-corrected chi connectivity index (χ2v) is 6.42. The standard InChI is InChI=1S/C16H21N9/c1-12-3-4-14(20-19-12)24-7-5-13(6-8-24)16-22-21-15(23(16)2)9-25-11-17-10-18-25/h3-4,10-11,13H,5-9H2,1-2H3. The second-order valence-electron chi connectivity index (χ2n) is 6.42. The normalized spacial score (nSPS) is 15.7. The zero-order valence-electron chi connectivity index (χ0n) is 14.4. The number of piperidine rings is 1. The summed E-state index contributed by atoms with van der Waals surface area (Å²) >= 11 is 0. The summed E-state index contributed by atoms with van der Waals surface area (Å²) in [6, 6.07) is 4.05. The molecule has 3 aromatic heterocycles. The molecular formula is C16H21N9. The highest BCUT2D eigenvalue weighted by Gasteiger charge is 2.26. The van der Waals surface area contributed by atoms with Crippen molar-refractivity contribution in [3.8, 4) is 0 Å². The SMILES string of the molecule is Cc1ccc(N2CCC(c3nnc(Cn4cncn4)n3C)CC2)nn1. The van der Waals surface area contributed by atoms with Crippen LogP contribution >= 0.6 is 0 Å². The Morgan fingerprint density at radius 1 is 1.08 bits per heavy atom. The van der Waals surface area contributed by atoms with E-state index < -0.39 is 0 Å². The molecule has 1 aliphatic heterocycles. The van der Waals surface area contributed by atoms with Gasteiger partial charge in [0.15, 0.2) is 11.6 Å². The van der Waals surface area contributed by atoms with E-state index in [1.54, 1.807) is 11.0 Å². The van der Waals surface area contributed by atoms with Gasteiger partial charge in [0.1, 0.15) is 25.0 Å². The van der Waals surface area contributed by atoms with Gasteiger partial charge in [-0.2, -0.15) is 10.2 Å². The first-order valence-corrected chi connectivity index (χ1v) is 8.46. The quantitative estimate of drug-likeness (QED) is 0.698. The van der Waals surface area contributed by atoms with Crippen LogP contribution in [0.1, 0.15) is 36.1 Å². The molecule has 0 N–H and O–H groups in total. The molecule has 1 fully saturated rings. The molecule has 0 unspecified atom stereocenters. The molecule has 0 radical (unpaired) electrons. The van der Waals surface area contributed by atoms with Crippen molar-refractivity contribution in [3.05, 3.63) is 42.1 Å². The van der Waals surface area contributed by atoms with E-state index >= 15 is 0 Å². The number of rotatable bonds is 4. The Morgan fingerprint density at radius 3 is 2.60 bits per heavy atom. The molecule has 0 saturated carbocycles. The summed E-state index contributed by atoms with van der Waals surface area (Å²) in [7, 11) is 2.03. The highest BCUT2D eigenvalue weighted by atomic mass is 15.4. The Hall–Kier alpha value is -2.84. The molecule has 1 aliphatic rings. The van der Waals surface area contributed by atoms with Gasteiger partial charge < -0.3 is 9.47 Å². The van der Waals surface area contributed by atoms with E-state index in [0.717, 1.165) is 49.1 Å². The lowest BCUT2D eigenvalue weighted by molar-refractivity contribution is 0.468. The fourth-order valence-electron chi connectivity index (χ4n) is 3.26. The monoisotopic (exact) mass is 339 g/mol. The molecule has 0 atom stereocenters. The molecule has 1 saturated heterocycles. The third kappa shape index (κ3) is 3.21. The molecule has 0 spiro atoms. The Morgan fingerprint density at radius 2 is 1.92 bits per heavy atom. The molecule has 0 bridgehead atoms. The van der Waals surface area contributed by atoms with Crippen molar-refractivity contribution in [3.63, 3.8) is 0 Å². The first-order chi connectivity index (χ1) is 12.2. The Bertz CT molecular complexity index is 814. The highest BCUT2D eigenvalue weighted by molar-refractivity contribution is 5.38. The summed E-state index contributed by atoms with van der Waals surface area (Å²) in [5.41, 5.74) is 0.942. The lowest BCUT2D eigenvalue weighted by atomic mass is 9.96. The maximum absolute atomic E-state index is 4.43. The van der Waals surface area contributed by atoms with Crippen LogP contribution in [-0.2, 0) is 13.6 Å². The van der Waals surface area contributed by atoms with Crippen molar-refractivity contribution < 1.29 is 0 Å². The number of hydrogen-bond donors (Lipinski definition) is 0. The predicted molar refractivity (Wildman–Crippen MR) is 91.1 cm³/mol. The molecule has 9 heteroatoms. The van der Waals surface area contributed by atoms with Crippen LogP contribution in [0.3, 0.4) is 0 Å². The molecular weight excluding hydrogens is 318 g/mol. The third-order valence-corrected chi connectivity index (χ3v) is 4.74. The first-order valence-electron chi connectivity index (χ1n) is 8.46. The van der Waals surface area contributed by atoms with E-state index in [2.05, 4.69) is 39.9 Å². The van der Waals surface area contributed by atoms with Crippen molar-refractivity contribution in [1.82, 2.24) is 39.7 Å². The van der Waals surface area contributed by atoms with Crippen molar-refractivity contribution in [2.24, 2.45) is 7.05 Å². The van der Waals surface area contributed by atoms with E-state index in [1.807, 2.05) is 26.1 Å². The van der Waals surface area contributed by atoms with Gasteiger partial charge in [-0.25, -0.2) is 9.67 Å². The molecule has 0 aromatic carbocycles. The zero-order valence-corrected chi connectivity index (χ0v) is 14.4. The minimum atomic E-state index is 0.414. The van der Waals surface area contributed by atoms with Crippen LogP contribution in [0, 0.1) is 6.92 Å². The van der Waals surface area contributed by atoms with E-state index in [4.69, 9.17) is 0 Å². The molecule has 0 aliphatic carbocycles. The molecule has 9 nitrogen and oxygen atoms in total. The molecule has 130 valence electrons. The van der Waals surface area contributed by atoms with Crippen molar-refractivity contribution >= 4 is 5.82 Å². The lowest BCUT2D eigenvalue weighted by Crippen LogP contribution is -2.34. The van der Waals surface area contributed by atoms with Gasteiger partial charge >= 0.3 is 0 Å². The van der Waals surface area contributed by atoms with Gasteiger partial charge in [0.2, 0.25) is 0 Å². The molecule has 4 rings (SSSR count). The molecule has 25 heavy (non-hydrogen) atoms.